The average molecular weight is 521 g/mol. The highest BCUT2D eigenvalue weighted by atomic mass is 35.5. The molecule has 1 atom stereocenters. The standard InChI is InChI=1S/C28H29ClN4O4/c1-18-14-23(8-9-24(18)20-10-12-32(36)19(2)15-20)37-13-5-11-31-27(35)33(26(34)28(31,3)4)22-7-6-21(17-30)25(29)16-22/h6-10,12,14-16,19,36H,5,11,13H2,1-4H3. The van der Waals surface area contributed by atoms with Crippen molar-refractivity contribution < 1.29 is 19.5 Å². The maximum atomic E-state index is 13.2. The van der Waals surface area contributed by atoms with Crippen molar-refractivity contribution in [3.63, 3.8) is 0 Å². The number of nitriles is 1. The van der Waals surface area contributed by atoms with E-state index in [0.717, 1.165) is 32.4 Å². The number of nitrogens with zero attached hydrogens (tertiary/aromatic N) is 4. The lowest BCUT2D eigenvalue weighted by atomic mass is 9.97. The predicted octanol–water partition coefficient (Wildman–Crippen LogP) is 5.53. The molecule has 1 N–H and O–H groups in total. The Kier molecular flexibility index (Phi) is 7.30. The first-order valence-electron chi connectivity index (χ1n) is 12.0. The zero-order valence-corrected chi connectivity index (χ0v) is 22.0. The number of halogens is 1. The maximum Gasteiger partial charge on any atom is 0.332 e. The topological polar surface area (TPSA) is 97.1 Å². The number of amides is 3. The highest BCUT2D eigenvalue weighted by Gasteiger charge is 2.51. The van der Waals surface area contributed by atoms with Gasteiger partial charge in [0, 0.05) is 12.7 Å². The fourth-order valence-electron chi connectivity index (χ4n) is 4.50. The van der Waals surface area contributed by atoms with Crippen LogP contribution in [0.2, 0.25) is 5.02 Å². The number of urea groups is 1. The number of carbonyl (C=O) groups excluding carboxylic acids is 2. The van der Waals surface area contributed by atoms with Crippen LogP contribution in [0.4, 0.5) is 10.5 Å². The zero-order valence-electron chi connectivity index (χ0n) is 21.2. The van der Waals surface area contributed by atoms with Crippen LogP contribution in [0, 0.1) is 18.3 Å². The Morgan fingerprint density at radius 2 is 1.95 bits per heavy atom. The van der Waals surface area contributed by atoms with Crippen molar-refractivity contribution in [2.24, 2.45) is 0 Å². The molecule has 0 aromatic heterocycles. The molecule has 0 saturated carbocycles. The lowest BCUT2D eigenvalue weighted by Crippen LogP contribution is -2.44. The van der Waals surface area contributed by atoms with Gasteiger partial charge in [-0.2, -0.15) is 5.26 Å². The van der Waals surface area contributed by atoms with E-state index in [1.54, 1.807) is 26.1 Å². The van der Waals surface area contributed by atoms with E-state index in [4.69, 9.17) is 21.6 Å². The van der Waals surface area contributed by atoms with Gasteiger partial charge in [0.2, 0.25) is 0 Å². The van der Waals surface area contributed by atoms with Crippen molar-refractivity contribution in [2.45, 2.75) is 45.7 Å². The van der Waals surface area contributed by atoms with E-state index in [9.17, 15) is 14.8 Å². The summed E-state index contributed by atoms with van der Waals surface area (Å²) in [4.78, 5) is 28.9. The summed E-state index contributed by atoms with van der Waals surface area (Å²) in [5.74, 6) is 0.366. The van der Waals surface area contributed by atoms with E-state index in [2.05, 4.69) is 0 Å². The lowest BCUT2D eigenvalue weighted by molar-refractivity contribution is -0.123. The first-order valence-corrected chi connectivity index (χ1v) is 12.4. The number of aryl methyl sites for hydroxylation is 1. The van der Waals surface area contributed by atoms with Gasteiger partial charge in [-0.1, -0.05) is 23.7 Å². The van der Waals surface area contributed by atoms with Gasteiger partial charge >= 0.3 is 6.03 Å². The summed E-state index contributed by atoms with van der Waals surface area (Å²) < 4.78 is 5.94. The number of rotatable bonds is 7. The van der Waals surface area contributed by atoms with Gasteiger partial charge < -0.3 is 9.64 Å². The van der Waals surface area contributed by atoms with Crippen LogP contribution >= 0.6 is 11.6 Å². The molecule has 2 heterocycles. The first-order chi connectivity index (χ1) is 17.5. The van der Waals surface area contributed by atoms with Gasteiger partial charge in [-0.15, -0.1) is 0 Å². The fraction of sp³-hybridized carbons (Fsp3) is 0.321. The Labute approximate surface area is 221 Å². The minimum absolute atomic E-state index is 0.107. The summed E-state index contributed by atoms with van der Waals surface area (Å²) in [6.45, 7) is 8.05. The molecular formula is C28H29ClN4O4. The van der Waals surface area contributed by atoms with Gasteiger partial charge in [-0.3, -0.25) is 15.1 Å². The molecule has 2 aromatic rings. The summed E-state index contributed by atoms with van der Waals surface area (Å²) in [7, 11) is 0. The molecule has 37 heavy (non-hydrogen) atoms. The molecule has 2 aromatic carbocycles. The van der Waals surface area contributed by atoms with Gasteiger partial charge in [0.1, 0.15) is 17.4 Å². The predicted molar refractivity (Wildman–Crippen MR) is 141 cm³/mol. The van der Waals surface area contributed by atoms with Gasteiger partial charge in [-0.05, 0) is 87.2 Å². The number of anilines is 1. The molecule has 0 aliphatic carbocycles. The number of benzene rings is 2. The van der Waals surface area contributed by atoms with Crippen LogP contribution in [0.3, 0.4) is 0 Å². The number of imide groups is 1. The molecule has 2 aliphatic rings. The number of ether oxygens (including phenoxy) is 1. The highest BCUT2D eigenvalue weighted by Crippen LogP contribution is 2.34. The Bertz CT molecular complexity index is 1340. The van der Waals surface area contributed by atoms with Crippen molar-refractivity contribution in [3.05, 3.63) is 76.5 Å². The lowest BCUT2D eigenvalue weighted by Gasteiger charge is -2.27. The molecule has 8 nitrogen and oxygen atoms in total. The van der Waals surface area contributed by atoms with E-state index in [1.807, 2.05) is 50.3 Å². The Morgan fingerprint density at radius 3 is 2.59 bits per heavy atom. The summed E-state index contributed by atoms with van der Waals surface area (Å²) in [5.41, 5.74) is 2.73. The van der Waals surface area contributed by atoms with E-state index >= 15 is 0 Å². The van der Waals surface area contributed by atoms with Gasteiger partial charge in [0.05, 0.1) is 28.9 Å². The van der Waals surface area contributed by atoms with Crippen LogP contribution in [0.5, 0.6) is 5.75 Å². The summed E-state index contributed by atoms with van der Waals surface area (Å²) >= 11 is 6.13. The van der Waals surface area contributed by atoms with Crippen LogP contribution in [0.15, 0.2) is 54.8 Å². The quantitative estimate of drug-likeness (QED) is 0.381. The van der Waals surface area contributed by atoms with Gasteiger partial charge in [-0.25, -0.2) is 9.69 Å². The minimum Gasteiger partial charge on any atom is -0.494 e. The van der Waals surface area contributed by atoms with Crippen LogP contribution in [-0.2, 0) is 4.79 Å². The SMILES string of the molecule is Cc1cc(OCCCN2C(=O)N(c3ccc(C#N)c(Cl)c3)C(=O)C2(C)C)ccc1C1=CC(C)N(O)C=C1. The highest BCUT2D eigenvalue weighted by molar-refractivity contribution is 6.32. The van der Waals surface area contributed by atoms with Crippen molar-refractivity contribution in [2.75, 3.05) is 18.1 Å². The van der Waals surface area contributed by atoms with Gasteiger partial charge in [0.25, 0.3) is 5.91 Å². The molecular weight excluding hydrogens is 492 g/mol. The van der Waals surface area contributed by atoms with E-state index in [1.165, 1.54) is 17.0 Å². The average Bonchev–Trinajstić information content (AvgIpc) is 3.02. The molecule has 192 valence electrons. The minimum atomic E-state index is -1.03. The molecule has 9 heteroatoms. The Morgan fingerprint density at radius 1 is 1.19 bits per heavy atom. The van der Waals surface area contributed by atoms with Crippen molar-refractivity contribution >= 4 is 34.8 Å². The maximum absolute atomic E-state index is 13.2. The summed E-state index contributed by atoms with van der Waals surface area (Å²) in [6.07, 6.45) is 6.04. The fourth-order valence-corrected chi connectivity index (χ4v) is 4.72. The number of allylic oxidation sites excluding steroid dienone is 2. The number of hydrogen-bond acceptors (Lipinski definition) is 6. The Hall–Kier alpha value is -3.80. The number of hydroxylamine groups is 2. The molecule has 1 saturated heterocycles. The Balaban J connectivity index is 1.38. The summed E-state index contributed by atoms with van der Waals surface area (Å²) in [6, 6.07) is 11.8. The zero-order chi connectivity index (χ0) is 26.9. The van der Waals surface area contributed by atoms with Crippen LogP contribution < -0.4 is 9.64 Å². The second-order valence-electron chi connectivity index (χ2n) is 9.65. The second kappa shape index (κ2) is 10.3. The van der Waals surface area contributed by atoms with Crippen molar-refractivity contribution in [1.29, 1.82) is 5.26 Å². The van der Waals surface area contributed by atoms with E-state index in [-0.39, 0.29) is 22.5 Å². The number of carbonyl (C=O) groups is 2. The first kappa shape index (κ1) is 26.3. The van der Waals surface area contributed by atoms with Crippen LogP contribution in [0.25, 0.3) is 5.57 Å². The molecule has 3 amide bonds. The molecule has 1 fully saturated rings. The van der Waals surface area contributed by atoms with Crippen LogP contribution in [0.1, 0.15) is 43.9 Å². The molecule has 2 aliphatic heterocycles. The molecule has 4 rings (SSSR count). The third-order valence-electron chi connectivity index (χ3n) is 6.70. The van der Waals surface area contributed by atoms with E-state index < -0.39 is 11.6 Å². The molecule has 0 bridgehead atoms. The third kappa shape index (κ3) is 5.06. The monoisotopic (exact) mass is 520 g/mol. The number of hydrogen-bond donors (Lipinski definition) is 1. The smallest absolute Gasteiger partial charge is 0.332 e. The molecule has 0 spiro atoms. The summed E-state index contributed by atoms with van der Waals surface area (Å²) in [5, 5.41) is 20.2. The van der Waals surface area contributed by atoms with Gasteiger partial charge in [0.15, 0.2) is 0 Å². The second-order valence-corrected chi connectivity index (χ2v) is 10.1. The largest absolute Gasteiger partial charge is 0.494 e. The van der Waals surface area contributed by atoms with Crippen molar-refractivity contribution in [1.82, 2.24) is 9.96 Å². The molecule has 0 radical (unpaired) electrons. The van der Waals surface area contributed by atoms with Crippen molar-refractivity contribution in [3.8, 4) is 11.8 Å². The van der Waals surface area contributed by atoms with E-state index in [0.29, 0.717) is 25.3 Å². The molecule has 1 unspecified atom stereocenters. The van der Waals surface area contributed by atoms with Crippen LogP contribution in [-0.4, -0.2) is 51.8 Å². The third-order valence-corrected chi connectivity index (χ3v) is 7.02. The normalized spacial score (nSPS) is 18.8.